The summed E-state index contributed by atoms with van der Waals surface area (Å²) in [5, 5.41) is 0. The summed E-state index contributed by atoms with van der Waals surface area (Å²) in [4.78, 5) is 0. The van der Waals surface area contributed by atoms with E-state index in [1.807, 2.05) is 0 Å². The van der Waals surface area contributed by atoms with Crippen LogP contribution < -0.4 is 0 Å². The summed E-state index contributed by atoms with van der Waals surface area (Å²) in [7, 11) is 0. The van der Waals surface area contributed by atoms with Crippen LogP contribution in [0.4, 0.5) is 0 Å². The van der Waals surface area contributed by atoms with Gasteiger partial charge in [-0.3, -0.25) is 0 Å². The molecule has 0 rings (SSSR count). The number of hydrogen-bond acceptors (Lipinski definition) is 0. The van der Waals surface area contributed by atoms with Crippen LogP contribution in [-0.4, -0.2) is 51.4 Å². The normalized spacial score (nSPS) is 0. The largest absolute Gasteiger partial charge is 2.00 e. The summed E-state index contributed by atoms with van der Waals surface area (Å²) < 4.78 is 0. The fourth-order valence-corrected chi connectivity index (χ4v) is 0. The average Bonchev–Trinajstić information content (AvgIpc) is 0. The van der Waals surface area contributed by atoms with Gasteiger partial charge in [0.1, 0.15) is 0 Å². The molecule has 0 aromatic carbocycles. The van der Waals surface area contributed by atoms with E-state index in [0.717, 1.165) is 0 Å². The van der Waals surface area contributed by atoms with Crippen molar-refractivity contribution in [3.63, 3.8) is 0 Å². The second-order valence-corrected chi connectivity index (χ2v) is 0. The van der Waals surface area contributed by atoms with Gasteiger partial charge in [-0.2, -0.15) is 0 Å². The van der Waals surface area contributed by atoms with E-state index < -0.39 is 0 Å². The van der Waals surface area contributed by atoms with Gasteiger partial charge in [-0.1, -0.05) is 0 Å². The molecular weight excluding hydrogens is 200 g/mol. The first-order chi connectivity index (χ1) is 0. The molecule has 0 aliphatic heterocycles. The van der Waals surface area contributed by atoms with E-state index in [-0.39, 0.29) is 90.8 Å². The second-order valence-electron chi connectivity index (χ2n) is 0. The van der Waals surface area contributed by atoms with Crippen molar-refractivity contribution in [2.24, 2.45) is 0 Å². The van der Waals surface area contributed by atoms with Crippen molar-refractivity contribution in [1.82, 2.24) is 0 Å². The van der Waals surface area contributed by atoms with Crippen molar-refractivity contribution in [3.8, 4) is 0 Å². The van der Waals surface area contributed by atoms with Crippen LogP contribution >= 0.6 is 0 Å². The summed E-state index contributed by atoms with van der Waals surface area (Å²) in [6, 6.07) is 0. The third kappa shape index (κ3) is 20.4. The van der Waals surface area contributed by atoms with Gasteiger partial charge in [0.2, 0.25) is 0 Å². The van der Waals surface area contributed by atoms with Crippen LogP contribution in [0.5, 0.6) is 0 Å². The smallest absolute Gasteiger partial charge is 1.00 e. The van der Waals surface area contributed by atoms with Gasteiger partial charge in [0.05, 0.1) is 0 Å². The topological polar surface area (TPSA) is 0 Å². The van der Waals surface area contributed by atoms with Gasteiger partial charge in [-0.15, -0.1) is 0 Å². The molecule has 0 atom stereocenters. The van der Waals surface area contributed by atoms with Crippen molar-refractivity contribution in [2.45, 2.75) is 0 Å². The van der Waals surface area contributed by atoms with Crippen LogP contribution in [0.1, 0.15) is 2.85 Å². The zero-order chi connectivity index (χ0) is 0. The Morgan fingerprint density at radius 2 is 1.20 bits per heavy atom. The maximum Gasteiger partial charge on any atom is 2.00 e. The van der Waals surface area contributed by atoms with Crippen molar-refractivity contribution < 1.29 is 39.4 Å². The molecule has 0 nitrogen and oxygen atoms in total. The Hall–Kier alpha value is 2.66. The summed E-state index contributed by atoms with van der Waals surface area (Å²) in [5.41, 5.74) is 0. The predicted molar refractivity (Wildman–Crippen MR) is 29.3 cm³/mol. The van der Waals surface area contributed by atoms with Gasteiger partial charge in [0.25, 0.3) is 0 Å². The van der Waals surface area contributed by atoms with Crippen LogP contribution in [0, 0.1) is 0 Å². The molecule has 0 fully saturated rings. The summed E-state index contributed by atoms with van der Waals surface area (Å²) in [6.07, 6.45) is 0. The minimum absolute atomic E-state index is 0. The summed E-state index contributed by atoms with van der Waals surface area (Å²) in [6.45, 7) is 0. The van der Waals surface area contributed by atoms with E-state index in [1.54, 1.807) is 0 Å². The Morgan fingerprint density at radius 3 is 1.20 bits per heavy atom. The van der Waals surface area contributed by atoms with Crippen molar-refractivity contribution in [3.05, 3.63) is 0 Å². The zero-order valence-corrected chi connectivity index (χ0v) is 7.35. The van der Waals surface area contributed by atoms with E-state index in [1.165, 1.54) is 0 Å². The van der Waals surface area contributed by atoms with Gasteiger partial charge >= 0.3 is 23.1 Å². The fourth-order valence-electron chi connectivity index (χ4n) is 0. The molecule has 0 saturated heterocycles. The second kappa shape index (κ2) is 30.2. The molecule has 0 heterocycles. The molecule has 0 amide bonds. The summed E-state index contributed by atoms with van der Waals surface area (Å²) >= 11 is 0. The van der Waals surface area contributed by atoms with E-state index in [0.29, 0.717) is 0 Å². The van der Waals surface area contributed by atoms with Crippen LogP contribution in [-0.2, 0) is 36.5 Å². The van der Waals surface area contributed by atoms with E-state index in [2.05, 4.69) is 0 Å². The van der Waals surface area contributed by atoms with Crippen molar-refractivity contribution >= 4 is 51.4 Å². The quantitative estimate of drug-likeness (QED) is 0.378. The molecule has 1 radical (unpaired) electrons. The molecule has 27 valence electrons. The standard InChI is InChI=1S/Al.Mg.Mn.H4Si.Zn.5H/h;;;1H4;;;;;;/q;+2;;;;;;;2*-1. The van der Waals surface area contributed by atoms with Crippen LogP contribution in [0.15, 0.2) is 0 Å². The molecule has 0 saturated carbocycles. The first-order valence-electron chi connectivity index (χ1n) is 0. The Labute approximate surface area is 89.7 Å². The average molecular weight is 209 g/mol. The SMILES string of the molecule is [AlH3].[H-].[H-].[Mg+2].[Mn].[SiH4].[Zn]. The minimum Gasteiger partial charge on any atom is -1.00 e. The molecule has 0 bridgehead atoms. The Bertz CT molecular complexity index is 17.7. The first kappa shape index (κ1) is 48.0. The summed E-state index contributed by atoms with van der Waals surface area (Å²) in [5.74, 6) is 0. The molecule has 0 aromatic heterocycles. The molecule has 0 N–H and O–H groups in total. The number of hydrogen-bond donors (Lipinski definition) is 0. The van der Waals surface area contributed by atoms with Gasteiger partial charge in [0, 0.05) is 36.5 Å². The Balaban J connectivity index is 0. The zero-order valence-electron chi connectivity index (χ0n) is 3.79. The van der Waals surface area contributed by atoms with E-state index >= 15 is 0 Å². The molecule has 0 unspecified atom stereocenters. The van der Waals surface area contributed by atoms with Gasteiger partial charge < -0.3 is 2.85 Å². The maximum atomic E-state index is 0. The fraction of sp³-hybridized carbons (Fsp3) is 0. The molecule has 0 aromatic rings. The van der Waals surface area contributed by atoms with Gasteiger partial charge in [0.15, 0.2) is 17.4 Å². The number of rotatable bonds is 0. The third-order valence-corrected chi connectivity index (χ3v) is 0. The maximum absolute atomic E-state index is 0. The van der Waals surface area contributed by atoms with E-state index in [4.69, 9.17) is 0 Å². The van der Waals surface area contributed by atoms with Gasteiger partial charge in [-0.05, 0) is 11.0 Å². The van der Waals surface area contributed by atoms with Crippen LogP contribution in [0.3, 0.4) is 0 Å². The third-order valence-electron chi connectivity index (χ3n) is 0. The predicted octanol–water partition coefficient (Wildman–Crippen LogP) is -2.80. The molecular formula is H9AlMgMnSiZn. The van der Waals surface area contributed by atoms with E-state index in [9.17, 15) is 0 Å². The minimum atomic E-state index is 0. The van der Waals surface area contributed by atoms with Crippen molar-refractivity contribution in [2.75, 3.05) is 0 Å². The molecule has 5 heavy (non-hydrogen) atoms. The van der Waals surface area contributed by atoms with Gasteiger partial charge in [-0.25, -0.2) is 0 Å². The monoisotopic (exact) mass is 207 g/mol. The van der Waals surface area contributed by atoms with Crippen LogP contribution in [0.2, 0.25) is 0 Å². The Kier molecular flexibility index (Phi) is 290. The van der Waals surface area contributed by atoms with Crippen LogP contribution in [0.25, 0.3) is 0 Å². The molecule has 0 aliphatic rings. The first-order valence-corrected chi connectivity index (χ1v) is 0. The Morgan fingerprint density at radius 1 is 1.20 bits per heavy atom. The molecule has 5 heteroatoms. The van der Waals surface area contributed by atoms with Crippen molar-refractivity contribution in [1.29, 1.82) is 0 Å². The molecule has 0 aliphatic carbocycles. The molecule has 0 spiro atoms.